The van der Waals surface area contributed by atoms with Gasteiger partial charge in [-0.25, -0.2) is 0 Å². The Morgan fingerprint density at radius 3 is 2.50 bits per heavy atom. The van der Waals surface area contributed by atoms with Gasteiger partial charge in [-0.05, 0) is 19.8 Å². The lowest BCUT2D eigenvalue weighted by atomic mass is 9.78. The van der Waals surface area contributed by atoms with Crippen molar-refractivity contribution in [3.63, 3.8) is 0 Å². The molecule has 0 radical (unpaired) electrons. The lowest BCUT2D eigenvalue weighted by molar-refractivity contribution is -0.178. The zero-order valence-corrected chi connectivity index (χ0v) is 9.75. The summed E-state index contributed by atoms with van der Waals surface area (Å²) in [5, 5.41) is 0. The third kappa shape index (κ3) is 3.30. The number of Topliss-reactive ketones (excluding diaryl/α,β-unsaturated/α-hetero) is 2. The summed E-state index contributed by atoms with van der Waals surface area (Å²) in [5.41, 5.74) is 0. The molecule has 1 fully saturated rings. The summed E-state index contributed by atoms with van der Waals surface area (Å²) in [4.78, 5) is 33.8. The molecule has 0 aromatic rings. The Kier molecular flexibility index (Phi) is 4.48. The van der Waals surface area contributed by atoms with Gasteiger partial charge in [0.25, 0.3) is 0 Å². The molecule has 2 atom stereocenters. The summed E-state index contributed by atoms with van der Waals surface area (Å²) in [7, 11) is 0. The molecule has 0 saturated heterocycles. The minimum Gasteiger partial charge on any atom is -0.466 e. The molecular formula is C11H13F3O4. The zero-order valence-electron chi connectivity index (χ0n) is 9.75. The molecule has 1 aliphatic carbocycles. The number of halogens is 3. The van der Waals surface area contributed by atoms with Gasteiger partial charge >= 0.3 is 12.1 Å². The lowest BCUT2D eigenvalue weighted by Crippen LogP contribution is -2.40. The maximum Gasteiger partial charge on any atom is 0.450 e. The molecule has 0 N–H and O–H groups in total. The van der Waals surface area contributed by atoms with Crippen LogP contribution in [-0.4, -0.2) is 30.3 Å². The summed E-state index contributed by atoms with van der Waals surface area (Å²) in [6.07, 6.45) is -5.51. The molecule has 7 heteroatoms. The molecule has 0 unspecified atom stereocenters. The average molecular weight is 266 g/mol. The second kappa shape index (κ2) is 5.49. The third-order valence-corrected chi connectivity index (χ3v) is 2.86. The first-order chi connectivity index (χ1) is 8.27. The Balaban J connectivity index is 2.76. The Labute approximate surface area is 101 Å². The molecule has 18 heavy (non-hydrogen) atoms. The van der Waals surface area contributed by atoms with E-state index in [2.05, 4.69) is 4.74 Å². The van der Waals surface area contributed by atoms with Crippen LogP contribution in [0.3, 0.4) is 0 Å². The number of alkyl halides is 3. The molecule has 1 saturated carbocycles. The predicted molar refractivity (Wildman–Crippen MR) is 53.5 cm³/mol. The van der Waals surface area contributed by atoms with E-state index in [9.17, 15) is 27.6 Å². The van der Waals surface area contributed by atoms with Gasteiger partial charge in [0.1, 0.15) is 5.78 Å². The van der Waals surface area contributed by atoms with Crippen molar-refractivity contribution in [3.05, 3.63) is 0 Å². The van der Waals surface area contributed by atoms with E-state index in [1.54, 1.807) is 6.92 Å². The van der Waals surface area contributed by atoms with Crippen molar-refractivity contribution < 1.29 is 32.3 Å². The van der Waals surface area contributed by atoms with Crippen LogP contribution < -0.4 is 0 Å². The van der Waals surface area contributed by atoms with Crippen LogP contribution in [0.25, 0.3) is 0 Å². The van der Waals surface area contributed by atoms with E-state index in [-0.39, 0.29) is 19.4 Å². The number of hydrogen-bond donors (Lipinski definition) is 0. The topological polar surface area (TPSA) is 60.4 Å². The van der Waals surface area contributed by atoms with Crippen LogP contribution in [0.4, 0.5) is 13.2 Å². The number of rotatable bonds is 3. The van der Waals surface area contributed by atoms with E-state index in [0.717, 1.165) is 0 Å². The molecule has 4 nitrogen and oxygen atoms in total. The highest BCUT2D eigenvalue weighted by molar-refractivity contribution is 6.05. The van der Waals surface area contributed by atoms with Gasteiger partial charge in [-0.1, -0.05) is 0 Å². The van der Waals surface area contributed by atoms with Crippen molar-refractivity contribution in [2.45, 2.75) is 32.4 Å². The minimum absolute atomic E-state index is 0.112. The average Bonchev–Trinajstić information content (AvgIpc) is 2.27. The second-order valence-electron chi connectivity index (χ2n) is 4.10. The van der Waals surface area contributed by atoms with Crippen LogP contribution in [0.2, 0.25) is 0 Å². The fraction of sp³-hybridized carbons (Fsp3) is 0.727. The number of carbonyl (C=O) groups excluding carboxylic acids is 3. The first-order valence-electron chi connectivity index (χ1n) is 5.57. The van der Waals surface area contributed by atoms with Crippen LogP contribution in [0.5, 0.6) is 0 Å². The molecule has 1 aliphatic rings. The van der Waals surface area contributed by atoms with Crippen molar-refractivity contribution in [2.75, 3.05) is 6.61 Å². The first-order valence-corrected chi connectivity index (χ1v) is 5.57. The van der Waals surface area contributed by atoms with Gasteiger partial charge in [-0.15, -0.1) is 0 Å². The van der Waals surface area contributed by atoms with Gasteiger partial charge in [-0.3, -0.25) is 14.4 Å². The Hall–Kier alpha value is -1.40. The fourth-order valence-electron chi connectivity index (χ4n) is 1.95. The number of hydrogen-bond acceptors (Lipinski definition) is 4. The van der Waals surface area contributed by atoms with Crippen molar-refractivity contribution in [1.82, 2.24) is 0 Å². The second-order valence-corrected chi connectivity index (χ2v) is 4.10. The summed E-state index contributed by atoms with van der Waals surface area (Å²) < 4.78 is 41.5. The predicted octanol–water partition coefficient (Wildman–Crippen LogP) is 1.67. The normalized spacial score (nSPS) is 24.8. The smallest absolute Gasteiger partial charge is 0.450 e. The standard InChI is InChI=1S/C11H13F3O4/c1-2-18-10(17)6-3-4-8(15)7(5-6)9(16)11(12,13)14/h6-7H,2-5H2,1H3/t6-,7-/m0/s1. The van der Waals surface area contributed by atoms with E-state index in [4.69, 9.17) is 0 Å². The summed E-state index contributed by atoms with van der Waals surface area (Å²) in [5.74, 6) is -6.03. The van der Waals surface area contributed by atoms with Crippen molar-refractivity contribution in [2.24, 2.45) is 11.8 Å². The Morgan fingerprint density at radius 2 is 2.00 bits per heavy atom. The molecule has 0 heterocycles. The molecule has 0 bridgehead atoms. The number of ether oxygens (including phenoxy) is 1. The van der Waals surface area contributed by atoms with Gasteiger partial charge < -0.3 is 4.74 Å². The van der Waals surface area contributed by atoms with Crippen molar-refractivity contribution in [1.29, 1.82) is 0 Å². The van der Waals surface area contributed by atoms with E-state index in [0.29, 0.717) is 0 Å². The molecule has 1 rings (SSSR count). The highest BCUT2D eigenvalue weighted by atomic mass is 19.4. The van der Waals surface area contributed by atoms with Gasteiger partial charge in [0.15, 0.2) is 0 Å². The first kappa shape index (κ1) is 14.7. The molecule has 0 aromatic carbocycles. The van der Waals surface area contributed by atoms with Crippen LogP contribution in [0, 0.1) is 11.8 Å². The zero-order chi connectivity index (χ0) is 13.9. The minimum atomic E-state index is -5.04. The van der Waals surface area contributed by atoms with Gasteiger partial charge in [0.05, 0.1) is 18.4 Å². The highest BCUT2D eigenvalue weighted by Gasteiger charge is 2.48. The lowest BCUT2D eigenvalue weighted by Gasteiger charge is -2.26. The maximum absolute atomic E-state index is 12.3. The van der Waals surface area contributed by atoms with Gasteiger partial charge in [0, 0.05) is 6.42 Å². The number of ketones is 2. The Morgan fingerprint density at radius 1 is 1.39 bits per heavy atom. The van der Waals surface area contributed by atoms with E-state index in [1.165, 1.54) is 0 Å². The third-order valence-electron chi connectivity index (χ3n) is 2.86. The molecular weight excluding hydrogens is 253 g/mol. The number of esters is 1. The van der Waals surface area contributed by atoms with Gasteiger partial charge in [0.2, 0.25) is 5.78 Å². The monoisotopic (exact) mass is 266 g/mol. The van der Waals surface area contributed by atoms with E-state index >= 15 is 0 Å². The molecule has 0 spiro atoms. The van der Waals surface area contributed by atoms with E-state index in [1.807, 2.05) is 0 Å². The van der Waals surface area contributed by atoms with Crippen LogP contribution in [0.15, 0.2) is 0 Å². The summed E-state index contributed by atoms with van der Waals surface area (Å²) >= 11 is 0. The quantitative estimate of drug-likeness (QED) is 0.576. The van der Waals surface area contributed by atoms with Crippen LogP contribution >= 0.6 is 0 Å². The van der Waals surface area contributed by atoms with E-state index < -0.39 is 42.0 Å². The van der Waals surface area contributed by atoms with Crippen molar-refractivity contribution >= 4 is 17.5 Å². The number of carbonyl (C=O) groups is 3. The highest BCUT2D eigenvalue weighted by Crippen LogP contribution is 2.32. The summed E-state index contributed by atoms with van der Waals surface area (Å²) in [6.45, 7) is 1.69. The molecule has 0 aliphatic heterocycles. The largest absolute Gasteiger partial charge is 0.466 e. The van der Waals surface area contributed by atoms with Crippen LogP contribution in [-0.2, 0) is 19.1 Å². The molecule has 0 aromatic heterocycles. The molecule has 0 amide bonds. The molecule has 102 valence electrons. The SMILES string of the molecule is CCOC(=O)[C@H]1CCC(=O)[C@@H](C(=O)C(F)(F)F)C1. The van der Waals surface area contributed by atoms with Gasteiger partial charge in [-0.2, -0.15) is 13.2 Å². The van der Waals surface area contributed by atoms with Crippen molar-refractivity contribution in [3.8, 4) is 0 Å². The van der Waals surface area contributed by atoms with Crippen LogP contribution in [0.1, 0.15) is 26.2 Å². The maximum atomic E-state index is 12.3. The Bertz CT molecular complexity index is 362. The fourth-order valence-corrected chi connectivity index (χ4v) is 1.95. The summed E-state index contributed by atoms with van der Waals surface area (Å²) in [6, 6.07) is 0.